The first-order valence-corrected chi connectivity index (χ1v) is 6.87. The van der Waals surface area contributed by atoms with Crippen molar-refractivity contribution < 1.29 is 9.90 Å². The summed E-state index contributed by atoms with van der Waals surface area (Å²) in [5.41, 5.74) is 0.433. The molecule has 1 heterocycles. The van der Waals surface area contributed by atoms with Crippen molar-refractivity contribution in [3.8, 4) is 0 Å². The van der Waals surface area contributed by atoms with Gasteiger partial charge in [0.1, 0.15) is 0 Å². The van der Waals surface area contributed by atoms with Crippen LogP contribution in [0.1, 0.15) is 25.3 Å². The highest BCUT2D eigenvalue weighted by Crippen LogP contribution is 2.50. The Morgan fingerprint density at radius 2 is 2.25 bits per heavy atom. The quantitative estimate of drug-likeness (QED) is 0.904. The number of benzene rings is 1. The Bertz CT molecular complexity index is 443. The molecule has 1 aromatic carbocycles. The molecule has 2 nitrogen and oxygen atoms in total. The number of aliphatic carboxylic acids is 1. The number of carbonyl (C=O) groups is 1. The lowest BCUT2D eigenvalue weighted by Gasteiger charge is -2.27. The minimum atomic E-state index is -0.735. The van der Waals surface area contributed by atoms with Gasteiger partial charge in [0.05, 0.1) is 5.41 Å². The molecule has 1 atom stereocenters. The van der Waals surface area contributed by atoms with E-state index in [0.29, 0.717) is 0 Å². The predicted molar refractivity (Wildman–Crippen MR) is 69.0 cm³/mol. The van der Waals surface area contributed by atoms with Crippen LogP contribution in [0, 0.1) is 5.41 Å². The molecule has 0 bridgehead atoms. The first-order valence-electron chi connectivity index (χ1n) is 5.09. The van der Waals surface area contributed by atoms with Crippen molar-refractivity contribution in [3.05, 3.63) is 28.2 Å². The van der Waals surface area contributed by atoms with Crippen LogP contribution in [0.4, 0.5) is 0 Å². The lowest BCUT2D eigenvalue weighted by atomic mass is 9.76. The maximum atomic E-state index is 11.3. The van der Waals surface area contributed by atoms with E-state index in [1.807, 2.05) is 12.1 Å². The van der Waals surface area contributed by atoms with Crippen molar-refractivity contribution in [1.29, 1.82) is 0 Å². The van der Waals surface area contributed by atoms with Crippen LogP contribution < -0.4 is 0 Å². The third-order valence-corrected chi connectivity index (χ3v) is 5.05. The fourth-order valence-corrected chi connectivity index (χ4v) is 4.24. The molecule has 0 saturated heterocycles. The molecule has 1 aliphatic heterocycles. The third kappa shape index (κ3) is 1.78. The number of halogens is 1. The fraction of sp³-hybridized carbons (Fsp3) is 0.417. The molecule has 0 aliphatic carbocycles. The van der Waals surface area contributed by atoms with Gasteiger partial charge >= 0.3 is 5.97 Å². The third-order valence-electron chi connectivity index (χ3n) is 3.19. The van der Waals surface area contributed by atoms with E-state index in [-0.39, 0.29) is 5.92 Å². The molecule has 4 heteroatoms. The number of rotatable bonds is 2. The Balaban J connectivity index is 2.48. The van der Waals surface area contributed by atoms with Gasteiger partial charge in [0.15, 0.2) is 0 Å². The second kappa shape index (κ2) is 4.08. The largest absolute Gasteiger partial charge is 0.481 e. The summed E-state index contributed by atoms with van der Waals surface area (Å²) >= 11 is 5.26. The molecule has 16 heavy (non-hydrogen) atoms. The summed E-state index contributed by atoms with van der Waals surface area (Å²) in [7, 11) is 0. The van der Waals surface area contributed by atoms with Gasteiger partial charge in [0, 0.05) is 21.0 Å². The number of carboxylic acids is 1. The second-order valence-corrected chi connectivity index (χ2v) is 6.46. The molecule has 0 radical (unpaired) electrons. The van der Waals surface area contributed by atoms with Gasteiger partial charge in [0.2, 0.25) is 0 Å². The Morgan fingerprint density at radius 3 is 2.88 bits per heavy atom. The molecule has 0 amide bonds. The van der Waals surface area contributed by atoms with E-state index in [0.717, 1.165) is 15.8 Å². The maximum Gasteiger partial charge on any atom is 0.309 e. The van der Waals surface area contributed by atoms with E-state index in [4.69, 9.17) is 0 Å². The van der Waals surface area contributed by atoms with Crippen LogP contribution in [0.3, 0.4) is 0 Å². The molecule has 0 aromatic heterocycles. The van der Waals surface area contributed by atoms with Gasteiger partial charge in [0.25, 0.3) is 0 Å². The van der Waals surface area contributed by atoms with Crippen molar-refractivity contribution in [2.24, 2.45) is 5.41 Å². The topological polar surface area (TPSA) is 37.3 Å². The monoisotopic (exact) mass is 300 g/mol. The van der Waals surface area contributed by atoms with Gasteiger partial charge in [-0.3, -0.25) is 4.79 Å². The molecule has 1 N–H and O–H groups in total. The van der Waals surface area contributed by atoms with E-state index in [9.17, 15) is 9.90 Å². The van der Waals surface area contributed by atoms with Gasteiger partial charge < -0.3 is 5.11 Å². The number of thioether (sulfide) groups is 1. The van der Waals surface area contributed by atoms with Gasteiger partial charge in [-0.2, -0.15) is 0 Å². The van der Waals surface area contributed by atoms with Crippen molar-refractivity contribution in [2.75, 3.05) is 5.75 Å². The summed E-state index contributed by atoms with van der Waals surface area (Å²) in [6.45, 7) is 3.60. The zero-order chi connectivity index (χ0) is 11.9. The smallest absolute Gasteiger partial charge is 0.309 e. The van der Waals surface area contributed by atoms with Crippen molar-refractivity contribution >= 4 is 33.7 Å². The first kappa shape index (κ1) is 12.0. The van der Waals surface area contributed by atoms with E-state index >= 15 is 0 Å². The summed E-state index contributed by atoms with van der Waals surface area (Å²) < 4.78 is 1.02. The Labute approximate surface area is 108 Å². The highest BCUT2D eigenvalue weighted by atomic mass is 79.9. The summed E-state index contributed by atoms with van der Waals surface area (Å²) in [6, 6.07) is 6.03. The molecule has 86 valence electrons. The minimum Gasteiger partial charge on any atom is -0.481 e. The Morgan fingerprint density at radius 1 is 1.56 bits per heavy atom. The van der Waals surface area contributed by atoms with Crippen LogP contribution in [0.2, 0.25) is 0 Å². The van der Waals surface area contributed by atoms with Crippen molar-refractivity contribution in [2.45, 2.75) is 24.7 Å². The van der Waals surface area contributed by atoms with Crippen LogP contribution >= 0.6 is 27.7 Å². The van der Waals surface area contributed by atoms with E-state index in [1.165, 1.54) is 4.90 Å². The molecular weight excluding hydrogens is 288 g/mol. The first-order chi connectivity index (χ1) is 7.44. The van der Waals surface area contributed by atoms with Crippen LogP contribution in [-0.4, -0.2) is 16.8 Å². The molecule has 1 aliphatic rings. The molecule has 0 saturated carbocycles. The molecule has 0 spiro atoms. The van der Waals surface area contributed by atoms with Gasteiger partial charge in [-0.1, -0.05) is 22.0 Å². The Hall–Kier alpha value is -0.480. The van der Waals surface area contributed by atoms with E-state index in [2.05, 4.69) is 22.0 Å². The standard InChI is InChI=1S/C12H13BrO2S/c1-12(2,11(14)15)7-6-16-9-5-3-4-8(13)10(7)9/h3-5,7H,6H2,1-2H3,(H,14,15). The van der Waals surface area contributed by atoms with E-state index in [1.54, 1.807) is 25.6 Å². The summed E-state index contributed by atoms with van der Waals surface area (Å²) in [5, 5.41) is 9.29. The average Bonchev–Trinajstić information content (AvgIpc) is 2.63. The lowest BCUT2D eigenvalue weighted by Crippen LogP contribution is -2.31. The molecule has 0 fully saturated rings. The zero-order valence-corrected chi connectivity index (χ0v) is 11.6. The molecule has 2 rings (SSSR count). The molecular formula is C12H13BrO2S. The predicted octanol–water partition coefficient (Wildman–Crippen LogP) is 3.75. The average molecular weight is 301 g/mol. The number of hydrogen-bond acceptors (Lipinski definition) is 2. The van der Waals surface area contributed by atoms with Crippen LogP contribution in [0.15, 0.2) is 27.6 Å². The number of hydrogen-bond donors (Lipinski definition) is 1. The minimum absolute atomic E-state index is 0.0700. The Kier molecular flexibility index (Phi) is 3.05. The van der Waals surface area contributed by atoms with Crippen LogP contribution in [0.25, 0.3) is 0 Å². The van der Waals surface area contributed by atoms with Crippen LogP contribution in [0.5, 0.6) is 0 Å². The summed E-state index contributed by atoms with van der Waals surface area (Å²) in [4.78, 5) is 12.5. The van der Waals surface area contributed by atoms with Gasteiger partial charge in [-0.05, 0) is 31.5 Å². The highest BCUT2D eigenvalue weighted by molar-refractivity contribution is 9.10. The maximum absolute atomic E-state index is 11.3. The van der Waals surface area contributed by atoms with Crippen molar-refractivity contribution in [3.63, 3.8) is 0 Å². The normalized spacial score (nSPS) is 19.6. The number of carboxylic acid groups (broad SMARTS) is 1. The fourth-order valence-electron chi connectivity index (χ4n) is 1.96. The highest BCUT2D eigenvalue weighted by Gasteiger charge is 2.42. The van der Waals surface area contributed by atoms with Gasteiger partial charge in [-0.15, -0.1) is 11.8 Å². The lowest BCUT2D eigenvalue weighted by molar-refractivity contribution is -0.147. The summed E-state index contributed by atoms with van der Waals surface area (Å²) in [5.74, 6) is 0.180. The molecule has 1 aromatic rings. The number of fused-ring (bicyclic) bond motifs is 1. The summed E-state index contributed by atoms with van der Waals surface area (Å²) in [6.07, 6.45) is 0. The van der Waals surface area contributed by atoms with Crippen LogP contribution in [-0.2, 0) is 4.79 Å². The van der Waals surface area contributed by atoms with E-state index < -0.39 is 11.4 Å². The zero-order valence-electron chi connectivity index (χ0n) is 9.16. The van der Waals surface area contributed by atoms with Crippen molar-refractivity contribution in [1.82, 2.24) is 0 Å². The molecule has 1 unspecified atom stereocenters. The second-order valence-electron chi connectivity index (χ2n) is 4.54. The van der Waals surface area contributed by atoms with Gasteiger partial charge in [-0.25, -0.2) is 0 Å². The SMILES string of the molecule is CC(C)(C(=O)O)C1CSc2cccc(Br)c21.